The number of carbonyl (C=O) groups excluding carboxylic acids is 1. The topological polar surface area (TPSA) is 39.2 Å². The lowest BCUT2D eigenvalue weighted by Gasteiger charge is -2.05. The van der Waals surface area contributed by atoms with Crippen LogP contribution < -0.4 is 0 Å². The average Bonchev–Trinajstić information content (AvgIpc) is 2.44. The fourth-order valence-electron chi connectivity index (χ4n) is 1.86. The van der Waals surface area contributed by atoms with Crippen LogP contribution in [0.3, 0.4) is 0 Å². The maximum atomic E-state index is 13.3. The van der Waals surface area contributed by atoms with Gasteiger partial charge in [0.05, 0.1) is 12.2 Å². The van der Waals surface area contributed by atoms with Crippen LogP contribution in [-0.4, -0.2) is 17.6 Å². The van der Waals surface area contributed by atoms with Gasteiger partial charge in [-0.2, -0.15) is 0 Å². The first kappa shape index (κ1) is 14.2. The number of halogens is 1. The first-order valence-electron chi connectivity index (χ1n) is 6.51. The third-order valence-electron chi connectivity index (χ3n) is 2.85. The van der Waals surface area contributed by atoms with Crippen molar-refractivity contribution in [3.05, 3.63) is 65.2 Å². The summed E-state index contributed by atoms with van der Waals surface area (Å²) in [7, 11) is 0. The molecule has 4 heteroatoms. The second kappa shape index (κ2) is 6.80. The Labute approximate surface area is 117 Å². The van der Waals surface area contributed by atoms with Gasteiger partial charge in [-0.15, -0.1) is 0 Å². The number of hydrogen-bond donors (Lipinski definition) is 0. The van der Waals surface area contributed by atoms with Crippen LogP contribution in [0.1, 0.15) is 28.2 Å². The molecule has 0 unspecified atom stereocenters. The van der Waals surface area contributed by atoms with Crippen LogP contribution in [0.5, 0.6) is 0 Å². The van der Waals surface area contributed by atoms with E-state index >= 15 is 0 Å². The Hall–Kier alpha value is -2.23. The van der Waals surface area contributed by atoms with Crippen molar-refractivity contribution in [2.24, 2.45) is 0 Å². The van der Waals surface area contributed by atoms with E-state index in [1.54, 1.807) is 6.07 Å². The van der Waals surface area contributed by atoms with Gasteiger partial charge in [0.1, 0.15) is 5.82 Å². The molecule has 0 aliphatic rings. The van der Waals surface area contributed by atoms with E-state index in [-0.39, 0.29) is 12.2 Å². The van der Waals surface area contributed by atoms with Gasteiger partial charge in [-0.1, -0.05) is 18.2 Å². The van der Waals surface area contributed by atoms with Crippen LogP contribution in [0.4, 0.5) is 4.39 Å². The number of pyridine rings is 1. The minimum Gasteiger partial charge on any atom is -0.462 e. The van der Waals surface area contributed by atoms with Crippen LogP contribution in [0.2, 0.25) is 0 Å². The van der Waals surface area contributed by atoms with Gasteiger partial charge < -0.3 is 4.74 Å². The summed E-state index contributed by atoms with van der Waals surface area (Å²) in [6.45, 7) is 2.19. The van der Waals surface area contributed by atoms with E-state index in [0.29, 0.717) is 6.42 Å². The van der Waals surface area contributed by atoms with E-state index in [1.165, 1.54) is 18.2 Å². The molecule has 0 bridgehead atoms. The molecule has 20 heavy (non-hydrogen) atoms. The van der Waals surface area contributed by atoms with E-state index < -0.39 is 11.8 Å². The Kier molecular flexibility index (Phi) is 4.82. The summed E-state index contributed by atoms with van der Waals surface area (Å²) < 4.78 is 18.4. The highest BCUT2D eigenvalue weighted by atomic mass is 19.1. The predicted molar refractivity (Wildman–Crippen MR) is 74.0 cm³/mol. The summed E-state index contributed by atoms with van der Waals surface area (Å²) in [6.07, 6.45) is 1.39. The normalized spacial score (nSPS) is 10.3. The monoisotopic (exact) mass is 273 g/mol. The third kappa shape index (κ3) is 3.88. The first-order valence-corrected chi connectivity index (χ1v) is 6.51. The number of aromatic nitrogens is 1. The fraction of sp³-hybridized carbons (Fsp3) is 0.250. The lowest BCUT2D eigenvalue weighted by atomic mass is 10.2. The molecule has 1 aromatic carbocycles. The summed E-state index contributed by atoms with van der Waals surface area (Å²) >= 11 is 0. The molecule has 2 aromatic rings. The molecule has 0 saturated carbocycles. The van der Waals surface area contributed by atoms with Crippen molar-refractivity contribution in [3.8, 4) is 0 Å². The summed E-state index contributed by atoms with van der Waals surface area (Å²) in [5.41, 5.74) is 1.90. The number of rotatable bonds is 5. The highest BCUT2D eigenvalue weighted by molar-refractivity contribution is 5.89. The molecule has 2 rings (SSSR count). The first-order chi connectivity index (χ1) is 9.66. The highest BCUT2D eigenvalue weighted by Gasteiger charge is 2.11. The van der Waals surface area contributed by atoms with Crippen molar-refractivity contribution in [3.63, 3.8) is 0 Å². The van der Waals surface area contributed by atoms with Gasteiger partial charge in [-0.25, -0.2) is 9.18 Å². The summed E-state index contributed by atoms with van der Waals surface area (Å²) in [4.78, 5) is 16.0. The van der Waals surface area contributed by atoms with Gasteiger partial charge in [0.25, 0.3) is 0 Å². The molecular formula is C16H16FNO2. The van der Waals surface area contributed by atoms with Gasteiger partial charge in [0, 0.05) is 11.4 Å². The lowest BCUT2D eigenvalue weighted by Crippen LogP contribution is -2.09. The zero-order chi connectivity index (χ0) is 14.4. The Bertz CT molecular complexity index is 599. The van der Waals surface area contributed by atoms with E-state index in [4.69, 9.17) is 4.74 Å². The summed E-state index contributed by atoms with van der Waals surface area (Å²) in [5, 5.41) is 0. The largest absolute Gasteiger partial charge is 0.462 e. The number of hydrogen-bond acceptors (Lipinski definition) is 3. The number of ether oxygens (including phenoxy) is 1. The highest BCUT2D eigenvalue weighted by Crippen LogP contribution is 2.08. The van der Waals surface area contributed by atoms with Gasteiger partial charge in [0.15, 0.2) is 0 Å². The van der Waals surface area contributed by atoms with Crippen molar-refractivity contribution in [1.29, 1.82) is 0 Å². The lowest BCUT2D eigenvalue weighted by molar-refractivity contribution is 0.0495. The standard InChI is InChI=1S/C16H16FNO2/c1-12-6-4-7-13(18-12)8-5-11-20-16(19)14-9-2-3-10-15(14)17/h2-4,6-7,9-10H,5,8,11H2,1H3. The second-order valence-corrected chi connectivity index (χ2v) is 4.49. The molecular weight excluding hydrogens is 257 g/mol. The molecule has 0 amide bonds. The van der Waals surface area contributed by atoms with Gasteiger partial charge in [0.2, 0.25) is 0 Å². The van der Waals surface area contributed by atoms with E-state index in [2.05, 4.69) is 4.98 Å². The van der Waals surface area contributed by atoms with Gasteiger partial charge >= 0.3 is 5.97 Å². The molecule has 1 heterocycles. The smallest absolute Gasteiger partial charge is 0.341 e. The zero-order valence-corrected chi connectivity index (χ0v) is 11.3. The molecule has 0 fully saturated rings. The summed E-state index contributed by atoms with van der Waals surface area (Å²) in [6, 6.07) is 11.6. The van der Waals surface area contributed by atoms with Crippen molar-refractivity contribution >= 4 is 5.97 Å². The fourth-order valence-corrected chi connectivity index (χ4v) is 1.86. The molecule has 0 aliphatic carbocycles. The minimum atomic E-state index is -0.625. The molecule has 0 radical (unpaired) electrons. The maximum absolute atomic E-state index is 13.3. The molecule has 1 aromatic heterocycles. The van der Waals surface area contributed by atoms with Gasteiger partial charge in [-0.3, -0.25) is 4.98 Å². The van der Waals surface area contributed by atoms with Gasteiger partial charge in [-0.05, 0) is 44.0 Å². The Morgan fingerprint density at radius 2 is 2.00 bits per heavy atom. The van der Waals surface area contributed by atoms with Crippen LogP contribution >= 0.6 is 0 Å². The molecule has 0 spiro atoms. The van der Waals surface area contributed by atoms with Crippen molar-refractivity contribution in [1.82, 2.24) is 4.98 Å². The van der Waals surface area contributed by atoms with E-state index in [1.807, 2.05) is 25.1 Å². The van der Waals surface area contributed by atoms with Crippen LogP contribution in [-0.2, 0) is 11.2 Å². The Morgan fingerprint density at radius 1 is 1.20 bits per heavy atom. The molecule has 0 saturated heterocycles. The number of aryl methyl sites for hydroxylation is 2. The SMILES string of the molecule is Cc1cccc(CCCOC(=O)c2ccccc2F)n1. The second-order valence-electron chi connectivity index (χ2n) is 4.49. The zero-order valence-electron chi connectivity index (χ0n) is 11.3. The average molecular weight is 273 g/mol. The quantitative estimate of drug-likeness (QED) is 0.619. The minimum absolute atomic E-state index is 0.0267. The van der Waals surface area contributed by atoms with Crippen molar-refractivity contribution < 1.29 is 13.9 Å². The number of benzene rings is 1. The van der Waals surface area contributed by atoms with Crippen molar-refractivity contribution in [2.75, 3.05) is 6.61 Å². The van der Waals surface area contributed by atoms with Crippen LogP contribution in [0.15, 0.2) is 42.5 Å². The third-order valence-corrected chi connectivity index (χ3v) is 2.85. The molecule has 0 atom stereocenters. The summed E-state index contributed by atoms with van der Waals surface area (Å²) in [5.74, 6) is -1.18. The van der Waals surface area contributed by atoms with Crippen LogP contribution in [0, 0.1) is 12.7 Å². The Morgan fingerprint density at radius 3 is 2.75 bits per heavy atom. The maximum Gasteiger partial charge on any atom is 0.341 e. The number of esters is 1. The number of nitrogens with zero attached hydrogens (tertiary/aromatic N) is 1. The van der Waals surface area contributed by atoms with Crippen LogP contribution in [0.25, 0.3) is 0 Å². The number of carbonyl (C=O) groups is 1. The molecule has 3 nitrogen and oxygen atoms in total. The molecule has 0 aliphatic heterocycles. The van der Waals surface area contributed by atoms with Crippen molar-refractivity contribution in [2.45, 2.75) is 19.8 Å². The van der Waals surface area contributed by atoms with E-state index in [9.17, 15) is 9.18 Å². The molecule has 0 N–H and O–H groups in total. The Balaban J connectivity index is 1.79. The molecule has 104 valence electrons. The predicted octanol–water partition coefficient (Wildman–Crippen LogP) is 3.32. The van der Waals surface area contributed by atoms with E-state index in [0.717, 1.165) is 17.8 Å².